The van der Waals surface area contributed by atoms with Crippen LogP contribution in [0.25, 0.3) is 11.2 Å². The average molecular weight is 484 g/mol. The first kappa shape index (κ1) is 22.8. The minimum absolute atomic E-state index is 0.0454. The molecule has 0 fully saturated rings. The number of rotatable bonds is 6. The number of fused-ring (bicyclic) bond motifs is 1. The van der Waals surface area contributed by atoms with Crippen molar-refractivity contribution in [2.45, 2.75) is 17.9 Å². The van der Waals surface area contributed by atoms with Crippen LogP contribution in [-0.4, -0.2) is 43.0 Å². The molecule has 13 nitrogen and oxygen atoms in total. The molecule has 0 saturated heterocycles. The highest BCUT2D eigenvalue weighted by Crippen LogP contribution is 2.19. The molecule has 0 spiro atoms. The third kappa shape index (κ3) is 4.05. The van der Waals surface area contributed by atoms with Gasteiger partial charge in [0.15, 0.2) is 11.2 Å². The maximum atomic E-state index is 12.8. The van der Waals surface area contributed by atoms with E-state index in [0.29, 0.717) is 5.69 Å². The van der Waals surface area contributed by atoms with Gasteiger partial charge in [-0.3, -0.25) is 18.7 Å². The summed E-state index contributed by atoms with van der Waals surface area (Å²) in [5.41, 5.74) is -0.473. The maximum absolute atomic E-state index is 12.8. The number of aromatic nitrogens is 6. The molecule has 3 aromatic heterocycles. The summed E-state index contributed by atoms with van der Waals surface area (Å²) in [4.78, 5) is 49.3. The lowest BCUT2D eigenvalue weighted by Gasteiger charge is -2.15. The molecule has 1 atom stereocenters. The highest BCUT2D eigenvalue weighted by atomic mass is 32.2. The molecular formula is C20H20N8O5S. The lowest BCUT2D eigenvalue weighted by atomic mass is 10.2. The summed E-state index contributed by atoms with van der Waals surface area (Å²) in [5.74, 6) is -0.536. The Hall–Kier alpha value is -4.33. The summed E-state index contributed by atoms with van der Waals surface area (Å²) in [7, 11) is -1.08. The van der Waals surface area contributed by atoms with Gasteiger partial charge in [-0.1, -0.05) is 0 Å². The van der Waals surface area contributed by atoms with E-state index in [9.17, 15) is 22.8 Å². The number of benzene rings is 1. The minimum Gasteiger partial charge on any atom is -0.324 e. The summed E-state index contributed by atoms with van der Waals surface area (Å²) in [6.45, 7) is 1.57. The molecule has 0 aliphatic heterocycles. The van der Waals surface area contributed by atoms with E-state index in [4.69, 9.17) is 0 Å². The van der Waals surface area contributed by atoms with Gasteiger partial charge in [0.2, 0.25) is 11.9 Å². The number of imidazole rings is 1. The van der Waals surface area contributed by atoms with Gasteiger partial charge >= 0.3 is 5.69 Å². The van der Waals surface area contributed by atoms with E-state index in [1.54, 1.807) is 13.0 Å². The zero-order valence-corrected chi connectivity index (χ0v) is 19.1. The van der Waals surface area contributed by atoms with E-state index >= 15 is 0 Å². The van der Waals surface area contributed by atoms with Crippen LogP contribution in [0.1, 0.15) is 13.0 Å². The topological polar surface area (TPSA) is 163 Å². The average Bonchev–Trinajstić information content (AvgIpc) is 3.27. The third-order valence-corrected chi connectivity index (χ3v) is 6.54. The van der Waals surface area contributed by atoms with E-state index in [1.165, 1.54) is 66.2 Å². The predicted octanol–water partition coefficient (Wildman–Crippen LogP) is 0.224. The lowest BCUT2D eigenvalue weighted by Crippen LogP contribution is -2.38. The second kappa shape index (κ2) is 8.55. The Kier molecular flexibility index (Phi) is 5.75. The Morgan fingerprint density at radius 3 is 2.29 bits per heavy atom. The summed E-state index contributed by atoms with van der Waals surface area (Å²) >= 11 is 0. The highest BCUT2D eigenvalue weighted by Gasteiger charge is 2.22. The minimum atomic E-state index is -3.92. The molecular weight excluding hydrogens is 464 g/mol. The van der Waals surface area contributed by atoms with Gasteiger partial charge in [0.05, 0.1) is 11.2 Å². The number of sulfonamides is 1. The van der Waals surface area contributed by atoms with E-state index in [-0.39, 0.29) is 22.0 Å². The molecule has 0 bridgehead atoms. The monoisotopic (exact) mass is 484 g/mol. The molecule has 0 saturated carbocycles. The number of hydrogen-bond acceptors (Lipinski definition) is 8. The van der Waals surface area contributed by atoms with Gasteiger partial charge in [0.1, 0.15) is 6.04 Å². The fraction of sp³-hybridized carbons (Fsp3) is 0.200. The molecule has 176 valence electrons. The van der Waals surface area contributed by atoms with Gasteiger partial charge in [-0.25, -0.2) is 32.9 Å². The van der Waals surface area contributed by atoms with Crippen molar-refractivity contribution in [2.24, 2.45) is 14.1 Å². The Labute approximate surface area is 192 Å². The number of carbonyl (C=O) groups excluding carboxylic acids is 1. The van der Waals surface area contributed by atoms with Crippen molar-refractivity contribution in [3.05, 3.63) is 69.9 Å². The maximum Gasteiger partial charge on any atom is 0.332 e. The summed E-state index contributed by atoms with van der Waals surface area (Å²) in [6.07, 6.45) is 4.13. The quantitative estimate of drug-likeness (QED) is 0.393. The Balaban J connectivity index is 1.55. The molecule has 14 heteroatoms. The van der Waals surface area contributed by atoms with Gasteiger partial charge in [0, 0.05) is 32.2 Å². The van der Waals surface area contributed by atoms with Crippen LogP contribution in [0.15, 0.2) is 63.5 Å². The molecule has 3 heterocycles. The highest BCUT2D eigenvalue weighted by molar-refractivity contribution is 7.92. The molecule has 34 heavy (non-hydrogen) atoms. The molecule has 1 aromatic carbocycles. The largest absolute Gasteiger partial charge is 0.332 e. The molecule has 0 aliphatic carbocycles. The van der Waals surface area contributed by atoms with Crippen molar-refractivity contribution in [1.82, 2.24) is 28.7 Å². The smallest absolute Gasteiger partial charge is 0.324 e. The van der Waals surface area contributed by atoms with Crippen molar-refractivity contribution < 1.29 is 13.2 Å². The van der Waals surface area contributed by atoms with E-state index in [1.807, 2.05) is 0 Å². The Morgan fingerprint density at radius 1 is 1.00 bits per heavy atom. The molecule has 4 rings (SSSR count). The number of amides is 1. The zero-order valence-electron chi connectivity index (χ0n) is 18.3. The van der Waals surface area contributed by atoms with Crippen molar-refractivity contribution in [1.29, 1.82) is 0 Å². The van der Waals surface area contributed by atoms with Crippen molar-refractivity contribution in [2.75, 3.05) is 10.0 Å². The second-order valence-corrected chi connectivity index (χ2v) is 9.08. The number of hydrogen-bond donors (Lipinski definition) is 2. The molecule has 2 N–H and O–H groups in total. The SMILES string of the molecule is CC(C(=O)Nc1ccc(S(=O)(=O)Nc2ncccn2)cc1)n1cnc2c1c(=O)n(C)c(=O)n2C. The standard InChI is InChI=1S/C20H20N8O5S/c1-12(28-11-23-16-15(28)18(30)27(3)20(31)26(16)2)17(29)24-13-5-7-14(8-6-13)34(32,33)25-19-21-9-4-10-22-19/h4-12H,1-3H3,(H,24,29)(H,21,22,25). The van der Waals surface area contributed by atoms with Gasteiger partial charge < -0.3 is 9.88 Å². The molecule has 1 amide bonds. The van der Waals surface area contributed by atoms with E-state index < -0.39 is 33.2 Å². The predicted molar refractivity (Wildman–Crippen MR) is 123 cm³/mol. The van der Waals surface area contributed by atoms with Crippen LogP contribution in [0.2, 0.25) is 0 Å². The summed E-state index contributed by atoms with van der Waals surface area (Å²) in [6, 6.07) is 6.21. The van der Waals surface area contributed by atoms with Crippen LogP contribution in [0, 0.1) is 0 Å². The number of carbonyl (C=O) groups is 1. The second-order valence-electron chi connectivity index (χ2n) is 7.40. The fourth-order valence-electron chi connectivity index (χ4n) is 3.28. The molecule has 0 radical (unpaired) electrons. The normalized spacial score (nSPS) is 12.4. The van der Waals surface area contributed by atoms with Crippen molar-refractivity contribution >= 4 is 38.7 Å². The van der Waals surface area contributed by atoms with Crippen LogP contribution in [0.4, 0.5) is 11.6 Å². The number of nitrogens with one attached hydrogen (secondary N) is 2. The summed E-state index contributed by atoms with van der Waals surface area (Å²) in [5, 5.41) is 2.68. The Morgan fingerprint density at radius 2 is 1.65 bits per heavy atom. The first-order valence-electron chi connectivity index (χ1n) is 9.93. The number of nitrogens with zero attached hydrogens (tertiary/aromatic N) is 6. The molecule has 1 unspecified atom stereocenters. The first-order chi connectivity index (χ1) is 16.1. The van der Waals surface area contributed by atoms with Crippen LogP contribution < -0.4 is 21.3 Å². The van der Waals surface area contributed by atoms with E-state index in [2.05, 4.69) is 25.0 Å². The van der Waals surface area contributed by atoms with Crippen molar-refractivity contribution in [3.8, 4) is 0 Å². The number of aryl methyl sites for hydroxylation is 1. The van der Waals surface area contributed by atoms with E-state index in [0.717, 1.165) is 4.57 Å². The van der Waals surface area contributed by atoms with Gasteiger partial charge in [0.25, 0.3) is 15.6 Å². The summed E-state index contributed by atoms with van der Waals surface area (Å²) < 4.78 is 30.8. The number of anilines is 2. The van der Waals surface area contributed by atoms with Gasteiger partial charge in [-0.15, -0.1) is 0 Å². The lowest BCUT2D eigenvalue weighted by molar-refractivity contribution is -0.118. The van der Waals surface area contributed by atoms with Gasteiger partial charge in [-0.05, 0) is 37.3 Å². The van der Waals surface area contributed by atoms with Gasteiger partial charge in [-0.2, -0.15) is 0 Å². The van der Waals surface area contributed by atoms with Crippen molar-refractivity contribution in [3.63, 3.8) is 0 Å². The Bertz CT molecular complexity index is 1610. The zero-order chi connectivity index (χ0) is 24.6. The third-order valence-electron chi connectivity index (χ3n) is 5.19. The van der Waals surface area contributed by atoms with Crippen LogP contribution in [0.3, 0.4) is 0 Å². The van der Waals surface area contributed by atoms with Crippen LogP contribution in [0.5, 0.6) is 0 Å². The van der Waals surface area contributed by atoms with Crippen LogP contribution in [-0.2, 0) is 28.9 Å². The fourth-order valence-corrected chi connectivity index (χ4v) is 4.24. The molecule has 4 aromatic rings. The first-order valence-corrected chi connectivity index (χ1v) is 11.4. The molecule has 0 aliphatic rings. The van der Waals surface area contributed by atoms with Crippen LogP contribution >= 0.6 is 0 Å².